The summed E-state index contributed by atoms with van der Waals surface area (Å²) in [5, 5.41) is 7.27. The van der Waals surface area contributed by atoms with Gasteiger partial charge in [-0.15, -0.1) is 11.7 Å². The molecule has 1 atom stereocenters. The first kappa shape index (κ1) is 18.2. The minimum Gasteiger partial charge on any atom is -0.346 e. The fraction of sp³-hybridized carbons (Fsp3) is 0.450. The number of anilines is 1. The van der Waals surface area contributed by atoms with Crippen molar-refractivity contribution in [2.45, 2.75) is 31.1 Å². The Kier molecular flexibility index (Phi) is 5.71. The topological polar surface area (TPSA) is 65.1 Å². The highest BCUT2D eigenvalue weighted by Gasteiger charge is 2.27. The maximum absolute atomic E-state index is 12.7. The van der Waals surface area contributed by atoms with Gasteiger partial charge in [0, 0.05) is 45.4 Å². The van der Waals surface area contributed by atoms with Gasteiger partial charge in [-0.25, -0.2) is 0 Å². The number of rotatable bonds is 6. The molecule has 6 nitrogen and oxygen atoms in total. The van der Waals surface area contributed by atoms with Crippen molar-refractivity contribution in [3.8, 4) is 0 Å². The maximum atomic E-state index is 12.7. The van der Waals surface area contributed by atoms with Crippen LogP contribution >= 0.6 is 0 Å². The molecular weight excluding hydrogens is 326 g/mol. The maximum Gasteiger partial charge on any atom is 0.244 e. The van der Waals surface area contributed by atoms with Crippen molar-refractivity contribution >= 4 is 11.9 Å². The van der Waals surface area contributed by atoms with Crippen molar-refractivity contribution in [3.05, 3.63) is 54.4 Å². The highest BCUT2D eigenvalue weighted by atomic mass is 16.2. The largest absolute Gasteiger partial charge is 0.346 e. The smallest absolute Gasteiger partial charge is 0.244 e. The van der Waals surface area contributed by atoms with Gasteiger partial charge in [-0.05, 0) is 18.4 Å². The number of amides is 1. The molecule has 2 aromatic rings. The Hall–Kier alpha value is -2.63. The van der Waals surface area contributed by atoms with Crippen LogP contribution in [-0.4, -0.2) is 53.2 Å². The van der Waals surface area contributed by atoms with Gasteiger partial charge in [-0.1, -0.05) is 36.4 Å². The quantitative estimate of drug-likeness (QED) is 0.811. The Morgan fingerprint density at radius 1 is 1.35 bits per heavy atom. The second kappa shape index (κ2) is 8.17. The summed E-state index contributed by atoms with van der Waals surface area (Å²) in [6.07, 6.45) is 4.18. The van der Waals surface area contributed by atoms with Crippen LogP contribution < -0.4 is 4.90 Å². The number of piperidine rings is 1. The number of H-pyrrole nitrogens is 1. The molecule has 26 heavy (non-hydrogen) atoms. The second-order valence-corrected chi connectivity index (χ2v) is 7.03. The van der Waals surface area contributed by atoms with Crippen molar-refractivity contribution in [3.63, 3.8) is 0 Å². The fourth-order valence-electron chi connectivity index (χ4n) is 3.40. The van der Waals surface area contributed by atoms with Crippen LogP contribution in [0.2, 0.25) is 0 Å². The second-order valence-electron chi connectivity index (χ2n) is 7.03. The minimum atomic E-state index is 0.0679. The number of hydrogen-bond acceptors (Lipinski definition) is 4. The molecule has 0 aliphatic carbocycles. The number of likely N-dealkylation sites (tertiary alicyclic amines) is 1. The Bertz CT molecular complexity index is 732. The van der Waals surface area contributed by atoms with Crippen molar-refractivity contribution in [2.75, 3.05) is 32.1 Å². The predicted molar refractivity (Wildman–Crippen MR) is 103 cm³/mol. The SMILES string of the molecule is C=CC(CC(=O)N1CCC(c2nc(N(C)C)n[nH]2)CC1)c1ccccc1. The van der Waals surface area contributed by atoms with E-state index in [1.165, 1.54) is 0 Å². The molecule has 1 amide bonds. The van der Waals surface area contributed by atoms with Crippen molar-refractivity contribution in [1.29, 1.82) is 0 Å². The number of aromatic amines is 1. The first-order valence-corrected chi connectivity index (χ1v) is 9.13. The molecule has 6 heteroatoms. The highest BCUT2D eigenvalue weighted by molar-refractivity contribution is 5.77. The van der Waals surface area contributed by atoms with Crippen LogP contribution in [0.5, 0.6) is 0 Å². The van der Waals surface area contributed by atoms with E-state index >= 15 is 0 Å². The van der Waals surface area contributed by atoms with E-state index in [2.05, 4.69) is 33.9 Å². The van der Waals surface area contributed by atoms with Crippen LogP contribution in [0.1, 0.15) is 42.5 Å². The van der Waals surface area contributed by atoms with Gasteiger partial charge >= 0.3 is 0 Å². The van der Waals surface area contributed by atoms with Gasteiger partial charge in [-0.3, -0.25) is 9.89 Å². The zero-order valence-corrected chi connectivity index (χ0v) is 15.6. The standard InChI is InChI=1S/C20H27N5O/c1-4-15(16-8-6-5-7-9-16)14-18(26)25-12-10-17(11-13-25)19-21-20(23-22-19)24(2)3/h4-9,15,17H,1,10-14H2,2-3H3,(H,21,22,23). The van der Waals surface area contributed by atoms with Gasteiger partial charge in [0.1, 0.15) is 5.82 Å². The summed E-state index contributed by atoms with van der Waals surface area (Å²) in [7, 11) is 3.86. The van der Waals surface area contributed by atoms with E-state index in [9.17, 15) is 4.79 Å². The average molecular weight is 353 g/mol. The number of hydrogen-bond donors (Lipinski definition) is 1. The molecule has 1 fully saturated rings. The van der Waals surface area contributed by atoms with Crippen molar-refractivity contribution in [2.24, 2.45) is 0 Å². The normalized spacial score (nSPS) is 16.3. The lowest BCUT2D eigenvalue weighted by molar-refractivity contribution is -0.132. The Balaban J connectivity index is 1.55. The molecule has 1 aliphatic heterocycles. The fourth-order valence-corrected chi connectivity index (χ4v) is 3.40. The molecular formula is C20H27N5O. The number of allylic oxidation sites excluding steroid dienone is 1. The lowest BCUT2D eigenvalue weighted by atomic mass is 9.93. The third kappa shape index (κ3) is 4.12. The molecule has 138 valence electrons. The van der Waals surface area contributed by atoms with Gasteiger partial charge in [0.25, 0.3) is 0 Å². The van der Waals surface area contributed by atoms with E-state index in [0.717, 1.165) is 37.3 Å². The average Bonchev–Trinajstić information content (AvgIpc) is 3.17. The third-order valence-electron chi connectivity index (χ3n) is 5.03. The molecule has 1 aromatic carbocycles. The molecule has 0 spiro atoms. The van der Waals surface area contributed by atoms with E-state index in [4.69, 9.17) is 0 Å². The van der Waals surface area contributed by atoms with E-state index in [1.54, 1.807) is 0 Å². The molecule has 0 bridgehead atoms. The lowest BCUT2D eigenvalue weighted by Gasteiger charge is -2.31. The molecule has 2 heterocycles. The number of nitrogens with one attached hydrogen (secondary N) is 1. The summed E-state index contributed by atoms with van der Waals surface area (Å²) < 4.78 is 0. The summed E-state index contributed by atoms with van der Waals surface area (Å²) in [6.45, 7) is 5.44. The number of aromatic nitrogens is 3. The number of carbonyl (C=O) groups is 1. The molecule has 1 saturated heterocycles. The van der Waals surface area contributed by atoms with Crippen molar-refractivity contribution < 1.29 is 4.79 Å². The van der Waals surface area contributed by atoms with Gasteiger partial charge in [0.15, 0.2) is 0 Å². The number of nitrogens with zero attached hydrogens (tertiary/aromatic N) is 4. The number of benzene rings is 1. The molecule has 1 N–H and O–H groups in total. The minimum absolute atomic E-state index is 0.0679. The van der Waals surface area contributed by atoms with E-state index in [0.29, 0.717) is 18.3 Å². The van der Waals surface area contributed by atoms with Crippen LogP contribution in [0.3, 0.4) is 0 Å². The van der Waals surface area contributed by atoms with E-state index in [-0.39, 0.29) is 11.8 Å². The first-order chi connectivity index (χ1) is 12.6. The zero-order valence-electron chi connectivity index (χ0n) is 15.6. The van der Waals surface area contributed by atoms with Crippen LogP contribution in [0, 0.1) is 0 Å². The van der Waals surface area contributed by atoms with Gasteiger partial charge in [0.2, 0.25) is 11.9 Å². The molecule has 0 radical (unpaired) electrons. The van der Waals surface area contributed by atoms with E-state index < -0.39 is 0 Å². The summed E-state index contributed by atoms with van der Waals surface area (Å²) >= 11 is 0. The lowest BCUT2D eigenvalue weighted by Crippen LogP contribution is -2.38. The van der Waals surface area contributed by atoms with Crippen LogP contribution in [0.25, 0.3) is 0 Å². The third-order valence-corrected chi connectivity index (χ3v) is 5.03. The van der Waals surface area contributed by atoms with Gasteiger partial charge < -0.3 is 9.80 Å². The van der Waals surface area contributed by atoms with Crippen LogP contribution in [-0.2, 0) is 4.79 Å². The van der Waals surface area contributed by atoms with Gasteiger partial charge in [0.05, 0.1) is 0 Å². The number of carbonyl (C=O) groups excluding carboxylic acids is 1. The summed E-state index contributed by atoms with van der Waals surface area (Å²) in [6, 6.07) is 10.1. The Labute approximate surface area is 154 Å². The predicted octanol–water partition coefficient (Wildman–Crippen LogP) is 2.94. The summed E-state index contributed by atoms with van der Waals surface area (Å²) in [4.78, 5) is 21.1. The monoisotopic (exact) mass is 353 g/mol. The van der Waals surface area contributed by atoms with Crippen LogP contribution in [0.15, 0.2) is 43.0 Å². The van der Waals surface area contributed by atoms with Crippen molar-refractivity contribution in [1.82, 2.24) is 20.1 Å². The molecule has 3 rings (SSSR count). The zero-order chi connectivity index (χ0) is 18.5. The molecule has 0 saturated carbocycles. The molecule has 1 unspecified atom stereocenters. The summed E-state index contributed by atoms with van der Waals surface area (Å²) in [5.74, 6) is 2.23. The summed E-state index contributed by atoms with van der Waals surface area (Å²) in [5.41, 5.74) is 1.14. The van der Waals surface area contributed by atoms with Gasteiger partial charge in [-0.2, -0.15) is 4.98 Å². The van der Waals surface area contributed by atoms with Crippen LogP contribution in [0.4, 0.5) is 5.95 Å². The van der Waals surface area contributed by atoms with E-state index in [1.807, 2.05) is 48.2 Å². The highest BCUT2D eigenvalue weighted by Crippen LogP contribution is 2.28. The molecule has 1 aromatic heterocycles. The molecule has 1 aliphatic rings. The Morgan fingerprint density at radius 2 is 2.04 bits per heavy atom. The first-order valence-electron chi connectivity index (χ1n) is 9.13. The Morgan fingerprint density at radius 3 is 2.62 bits per heavy atom.